The monoisotopic (exact) mass is 376 g/mol. The predicted octanol–water partition coefficient (Wildman–Crippen LogP) is 1.03. The first-order valence-electron chi connectivity index (χ1n) is 8.52. The summed E-state index contributed by atoms with van der Waals surface area (Å²) in [5, 5.41) is 16.7. The maximum atomic E-state index is 13.0. The van der Waals surface area contributed by atoms with Gasteiger partial charge in [0, 0.05) is 18.7 Å². The summed E-state index contributed by atoms with van der Waals surface area (Å²) in [6, 6.07) is 6.58. The lowest BCUT2D eigenvalue weighted by molar-refractivity contribution is -0.116. The zero-order chi connectivity index (χ0) is 18.5. The summed E-state index contributed by atoms with van der Waals surface area (Å²) in [4.78, 5) is 11.7. The highest BCUT2D eigenvalue weighted by molar-refractivity contribution is 7.89. The summed E-state index contributed by atoms with van der Waals surface area (Å²) in [6.07, 6.45) is 0.213. The quantitative estimate of drug-likeness (QED) is 0.832. The average molecular weight is 376 g/mol. The van der Waals surface area contributed by atoms with E-state index < -0.39 is 16.1 Å². The van der Waals surface area contributed by atoms with Gasteiger partial charge in [-0.15, -0.1) is 0 Å². The molecule has 0 spiro atoms. The maximum Gasteiger partial charge on any atom is 0.243 e. The number of hydrogen-bond acceptors (Lipinski definition) is 5. The number of sulfonamides is 1. The van der Waals surface area contributed by atoms with Crippen LogP contribution >= 0.6 is 0 Å². The van der Waals surface area contributed by atoms with Crippen molar-refractivity contribution in [2.45, 2.75) is 43.9 Å². The Balaban J connectivity index is 1.62. The molecule has 3 heterocycles. The summed E-state index contributed by atoms with van der Waals surface area (Å²) in [5.41, 5.74) is 2.83. The Bertz CT molecular complexity index is 981. The highest BCUT2D eigenvalue weighted by Crippen LogP contribution is 2.29. The Hall–Kier alpha value is -2.23. The maximum absolute atomic E-state index is 13.0. The van der Waals surface area contributed by atoms with Gasteiger partial charge in [0.15, 0.2) is 0 Å². The van der Waals surface area contributed by atoms with Crippen LogP contribution in [0.15, 0.2) is 29.2 Å². The summed E-state index contributed by atoms with van der Waals surface area (Å²) in [6.45, 7) is 2.62. The Morgan fingerprint density at radius 3 is 2.81 bits per heavy atom. The number of rotatable bonds is 3. The minimum Gasteiger partial charge on any atom is -0.387 e. The summed E-state index contributed by atoms with van der Waals surface area (Å²) in [7, 11) is -3.65. The van der Waals surface area contributed by atoms with Gasteiger partial charge >= 0.3 is 0 Å². The van der Waals surface area contributed by atoms with Gasteiger partial charge in [0.05, 0.1) is 35.5 Å². The number of aliphatic hydroxyl groups is 1. The van der Waals surface area contributed by atoms with E-state index in [9.17, 15) is 18.3 Å². The molecule has 0 saturated carbocycles. The normalized spacial score (nSPS) is 18.8. The van der Waals surface area contributed by atoms with E-state index in [1.165, 1.54) is 10.4 Å². The third kappa shape index (κ3) is 2.91. The van der Waals surface area contributed by atoms with Gasteiger partial charge in [-0.3, -0.25) is 9.48 Å². The fraction of sp³-hybridized carbons (Fsp3) is 0.412. The lowest BCUT2D eigenvalue weighted by Crippen LogP contribution is -2.38. The van der Waals surface area contributed by atoms with Crippen LogP contribution in [0, 0.1) is 0 Å². The van der Waals surface area contributed by atoms with Crippen LogP contribution in [-0.2, 0) is 34.3 Å². The third-order valence-corrected chi connectivity index (χ3v) is 6.66. The number of aliphatic hydroxyl groups excluding tert-OH is 1. The van der Waals surface area contributed by atoms with Crippen molar-refractivity contribution in [2.24, 2.45) is 0 Å². The average Bonchev–Trinajstić information content (AvgIpc) is 3.04. The first kappa shape index (κ1) is 17.2. The van der Waals surface area contributed by atoms with E-state index >= 15 is 0 Å². The van der Waals surface area contributed by atoms with Crippen LogP contribution in [0.5, 0.6) is 0 Å². The van der Waals surface area contributed by atoms with E-state index in [1.807, 2.05) is 0 Å². The van der Waals surface area contributed by atoms with Gasteiger partial charge in [-0.25, -0.2) is 8.42 Å². The van der Waals surface area contributed by atoms with E-state index in [-0.39, 0.29) is 17.3 Å². The topological polar surface area (TPSA) is 105 Å². The molecule has 0 saturated heterocycles. The smallest absolute Gasteiger partial charge is 0.243 e. The number of fused-ring (bicyclic) bond motifs is 2. The fourth-order valence-corrected chi connectivity index (χ4v) is 4.80. The number of carbonyl (C=O) groups is 1. The molecule has 2 aliphatic rings. The molecule has 0 bridgehead atoms. The number of nitrogens with one attached hydrogen (secondary N) is 1. The lowest BCUT2D eigenvalue weighted by Gasteiger charge is -2.27. The highest BCUT2D eigenvalue weighted by Gasteiger charge is 2.30. The van der Waals surface area contributed by atoms with Gasteiger partial charge in [-0.05, 0) is 43.2 Å². The largest absolute Gasteiger partial charge is 0.387 e. The van der Waals surface area contributed by atoms with Crippen molar-refractivity contribution in [3.63, 3.8) is 0 Å². The Labute approximate surface area is 151 Å². The van der Waals surface area contributed by atoms with Crippen molar-refractivity contribution < 1.29 is 18.3 Å². The van der Waals surface area contributed by atoms with Crippen LogP contribution < -0.4 is 5.32 Å². The number of hydrogen-bond donors (Lipinski definition) is 2. The highest BCUT2D eigenvalue weighted by atomic mass is 32.2. The summed E-state index contributed by atoms with van der Waals surface area (Å²) < 4.78 is 29.3. The van der Waals surface area contributed by atoms with E-state index in [0.717, 1.165) is 11.3 Å². The number of aromatic nitrogens is 2. The predicted molar refractivity (Wildman–Crippen MR) is 93.8 cm³/mol. The minimum atomic E-state index is -3.65. The number of anilines is 1. The molecule has 1 aromatic carbocycles. The molecule has 2 N–H and O–H groups in total. The van der Waals surface area contributed by atoms with Gasteiger partial charge in [-0.1, -0.05) is 0 Å². The van der Waals surface area contributed by atoms with Crippen molar-refractivity contribution in [3.05, 3.63) is 41.2 Å². The van der Waals surface area contributed by atoms with E-state index in [2.05, 4.69) is 10.4 Å². The van der Waals surface area contributed by atoms with Gasteiger partial charge in [0.25, 0.3) is 0 Å². The molecule has 0 fully saturated rings. The minimum absolute atomic E-state index is 0.0497. The molecule has 8 nitrogen and oxygen atoms in total. The van der Waals surface area contributed by atoms with Gasteiger partial charge < -0.3 is 10.4 Å². The molecule has 1 amide bonds. The molecule has 1 atom stereocenters. The molecule has 4 rings (SSSR count). The second-order valence-electron chi connectivity index (χ2n) is 6.67. The van der Waals surface area contributed by atoms with Crippen LogP contribution in [0.2, 0.25) is 0 Å². The zero-order valence-corrected chi connectivity index (χ0v) is 15.2. The number of nitrogens with zero attached hydrogens (tertiary/aromatic N) is 3. The molecular weight excluding hydrogens is 356 g/mol. The molecule has 26 heavy (non-hydrogen) atoms. The second kappa shape index (κ2) is 6.19. The van der Waals surface area contributed by atoms with Crippen molar-refractivity contribution in [1.29, 1.82) is 0 Å². The van der Waals surface area contributed by atoms with Crippen LogP contribution in [-0.4, -0.2) is 40.1 Å². The Morgan fingerprint density at radius 2 is 2.04 bits per heavy atom. The van der Waals surface area contributed by atoms with Crippen LogP contribution in [0.25, 0.3) is 0 Å². The van der Waals surface area contributed by atoms with Gasteiger partial charge in [-0.2, -0.15) is 9.40 Å². The standard InChI is InChI=1S/C17H20N4O4S/c1-11(22)16-9-13-10-20(6-7-21(13)19-16)26(24,25)14-3-4-15-12(8-14)2-5-17(23)18-15/h3-4,8-9,11,22H,2,5-7,10H2,1H3,(H,18,23)/t11-/m0/s1. The van der Waals surface area contributed by atoms with Gasteiger partial charge in [0.2, 0.25) is 15.9 Å². The number of amides is 1. The zero-order valence-electron chi connectivity index (χ0n) is 14.3. The fourth-order valence-electron chi connectivity index (χ4n) is 3.34. The molecular formula is C17H20N4O4S. The van der Waals surface area contributed by atoms with Crippen molar-refractivity contribution in [1.82, 2.24) is 14.1 Å². The Morgan fingerprint density at radius 1 is 1.23 bits per heavy atom. The molecule has 0 aliphatic carbocycles. The molecule has 2 aliphatic heterocycles. The van der Waals surface area contributed by atoms with Crippen LogP contribution in [0.3, 0.4) is 0 Å². The summed E-state index contributed by atoms with van der Waals surface area (Å²) >= 11 is 0. The van der Waals surface area contributed by atoms with Crippen molar-refractivity contribution in [3.8, 4) is 0 Å². The molecule has 2 aromatic rings. The van der Waals surface area contributed by atoms with Crippen LogP contribution in [0.4, 0.5) is 5.69 Å². The lowest BCUT2D eigenvalue weighted by atomic mass is 10.0. The van der Waals surface area contributed by atoms with Crippen molar-refractivity contribution >= 4 is 21.6 Å². The molecule has 1 aromatic heterocycles. The number of benzene rings is 1. The number of carbonyl (C=O) groups excluding carboxylic acids is 1. The first-order valence-corrected chi connectivity index (χ1v) is 9.96. The molecule has 0 unspecified atom stereocenters. The second-order valence-corrected chi connectivity index (χ2v) is 8.60. The summed E-state index contributed by atoms with van der Waals surface area (Å²) in [5.74, 6) is -0.0497. The Kier molecular flexibility index (Phi) is 4.09. The molecule has 138 valence electrons. The van der Waals surface area contributed by atoms with E-state index in [0.29, 0.717) is 37.3 Å². The number of aryl methyl sites for hydroxylation is 1. The first-order chi connectivity index (χ1) is 12.3. The third-order valence-electron chi connectivity index (χ3n) is 4.82. The SMILES string of the molecule is C[C@H](O)c1cc2n(n1)CCN(S(=O)(=O)c1ccc3c(c1)CCC(=O)N3)C2. The van der Waals surface area contributed by atoms with E-state index in [4.69, 9.17) is 0 Å². The van der Waals surface area contributed by atoms with E-state index in [1.54, 1.807) is 29.8 Å². The van der Waals surface area contributed by atoms with Crippen LogP contribution in [0.1, 0.15) is 36.4 Å². The van der Waals surface area contributed by atoms with Crippen molar-refractivity contribution in [2.75, 3.05) is 11.9 Å². The van der Waals surface area contributed by atoms with Gasteiger partial charge in [0.1, 0.15) is 0 Å². The molecule has 9 heteroatoms. The molecule has 0 radical (unpaired) electrons.